The van der Waals surface area contributed by atoms with Crippen molar-refractivity contribution in [3.8, 4) is 0 Å². The summed E-state index contributed by atoms with van der Waals surface area (Å²) < 4.78 is 5.02. The van der Waals surface area contributed by atoms with Crippen LogP contribution in [0.4, 0.5) is 0 Å². The first-order valence-corrected chi connectivity index (χ1v) is 13.1. The average Bonchev–Trinajstić information content (AvgIpc) is 2.74. The Labute approximate surface area is 182 Å². The Morgan fingerprint density at radius 3 is 2.45 bits per heavy atom. The maximum absolute atomic E-state index is 12.8. The van der Waals surface area contributed by atoms with Gasteiger partial charge in [-0.25, -0.2) is 0 Å². The molecule has 0 saturated heterocycles. The van der Waals surface area contributed by atoms with Crippen molar-refractivity contribution in [3.05, 3.63) is 0 Å². The molecule has 29 heavy (non-hydrogen) atoms. The Hall–Kier alpha value is -0.750. The molecule has 1 aliphatic rings. The normalized spacial score (nSPS) is 20.2. The van der Waals surface area contributed by atoms with Crippen LogP contribution in [0.25, 0.3) is 0 Å². The molecule has 6 heteroatoms. The molecule has 0 spiro atoms. The molecule has 0 bridgehead atoms. The van der Waals surface area contributed by atoms with Crippen LogP contribution >= 0.6 is 11.8 Å². The first-order valence-electron chi connectivity index (χ1n) is 11.7. The molecule has 0 aromatic heterocycles. The van der Waals surface area contributed by atoms with E-state index in [4.69, 9.17) is 4.74 Å². The lowest BCUT2D eigenvalue weighted by Gasteiger charge is -2.29. The van der Waals surface area contributed by atoms with Crippen LogP contribution in [-0.4, -0.2) is 50.1 Å². The quantitative estimate of drug-likeness (QED) is 0.354. The Morgan fingerprint density at radius 1 is 1.07 bits per heavy atom. The van der Waals surface area contributed by atoms with Crippen LogP contribution in [0.3, 0.4) is 0 Å². The number of thioether (sulfide) groups is 1. The summed E-state index contributed by atoms with van der Waals surface area (Å²) in [4.78, 5) is 25.3. The van der Waals surface area contributed by atoms with E-state index in [1.165, 1.54) is 38.5 Å². The van der Waals surface area contributed by atoms with E-state index in [9.17, 15) is 9.59 Å². The fraction of sp³-hybridized carbons (Fsp3) is 0.913. The molecule has 1 atom stereocenters. The number of carbonyl (C=O) groups excluding carboxylic acids is 2. The van der Waals surface area contributed by atoms with Crippen molar-refractivity contribution < 1.29 is 14.3 Å². The first kappa shape index (κ1) is 26.3. The van der Waals surface area contributed by atoms with Gasteiger partial charge in [-0.15, -0.1) is 0 Å². The van der Waals surface area contributed by atoms with Gasteiger partial charge in [-0.3, -0.25) is 9.59 Å². The van der Waals surface area contributed by atoms with Crippen molar-refractivity contribution in [1.29, 1.82) is 0 Å². The topological polar surface area (TPSA) is 67.4 Å². The molecule has 2 N–H and O–H groups in total. The van der Waals surface area contributed by atoms with Gasteiger partial charge in [-0.2, -0.15) is 11.8 Å². The molecule has 2 amide bonds. The Bertz CT molecular complexity index is 440. The number of hydrogen-bond acceptors (Lipinski definition) is 4. The molecule has 0 aromatic carbocycles. The number of methoxy groups -OCH3 is 1. The summed E-state index contributed by atoms with van der Waals surface area (Å²) in [7, 11) is 1.66. The number of carbonyl (C=O) groups is 2. The predicted molar refractivity (Wildman–Crippen MR) is 123 cm³/mol. The number of hydrogen-bond donors (Lipinski definition) is 2. The third-order valence-corrected chi connectivity index (χ3v) is 6.65. The largest absolute Gasteiger partial charge is 0.385 e. The number of ether oxygens (including phenoxy) is 1. The van der Waals surface area contributed by atoms with Gasteiger partial charge in [0, 0.05) is 26.2 Å². The fourth-order valence-electron chi connectivity index (χ4n) is 4.10. The molecule has 1 saturated carbocycles. The summed E-state index contributed by atoms with van der Waals surface area (Å²) in [5, 5.41) is 5.98. The van der Waals surface area contributed by atoms with Gasteiger partial charge in [-0.1, -0.05) is 45.4 Å². The Morgan fingerprint density at radius 2 is 1.79 bits per heavy atom. The molecular weight excluding hydrogens is 384 g/mol. The van der Waals surface area contributed by atoms with E-state index in [0.29, 0.717) is 19.6 Å². The minimum atomic E-state index is -0.422. The monoisotopic (exact) mass is 428 g/mol. The van der Waals surface area contributed by atoms with E-state index < -0.39 is 6.04 Å². The second kappa shape index (κ2) is 17.0. The number of amides is 2. The molecule has 5 nitrogen and oxygen atoms in total. The van der Waals surface area contributed by atoms with Crippen molar-refractivity contribution in [1.82, 2.24) is 10.6 Å². The second-order valence-electron chi connectivity index (χ2n) is 8.40. The molecule has 1 aliphatic carbocycles. The van der Waals surface area contributed by atoms with Crippen LogP contribution in [-0.2, 0) is 14.3 Å². The summed E-state index contributed by atoms with van der Waals surface area (Å²) in [6.45, 7) is 3.47. The lowest BCUT2D eigenvalue weighted by molar-refractivity contribution is -0.132. The summed E-state index contributed by atoms with van der Waals surface area (Å²) in [6.07, 6.45) is 15.8. The molecule has 1 unspecified atom stereocenters. The predicted octanol–water partition coefficient (Wildman–Crippen LogP) is 4.54. The number of rotatable bonds is 16. The fourth-order valence-corrected chi connectivity index (χ4v) is 4.57. The summed E-state index contributed by atoms with van der Waals surface area (Å²) in [6, 6.07) is -0.422. The van der Waals surface area contributed by atoms with Gasteiger partial charge in [0.25, 0.3) is 0 Å². The van der Waals surface area contributed by atoms with Crippen molar-refractivity contribution in [2.24, 2.45) is 11.8 Å². The van der Waals surface area contributed by atoms with Gasteiger partial charge in [0.1, 0.15) is 6.04 Å². The SMILES string of the molecule is CCCCCCCC1CCC(C(=O)NC(CCSC)C(=O)NCCCOC)CC1. The maximum atomic E-state index is 12.8. The summed E-state index contributed by atoms with van der Waals surface area (Å²) in [5.41, 5.74) is 0. The van der Waals surface area contributed by atoms with E-state index in [1.54, 1.807) is 18.9 Å². The van der Waals surface area contributed by atoms with Gasteiger partial charge in [0.15, 0.2) is 0 Å². The van der Waals surface area contributed by atoms with E-state index in [0.717, 1.165) is 43.8 Å². The highest BCUT2D eigenvalue weighted by atomic mass is 32.2. The smallest absolute Gasteiger partial charge is 0.242 e. The first-order chi connectivity index (χ1) is 14.1. The lowest BCUT2D eigenvalue weighted by Crippen LogP contribution is -2.49. The molecule has 1 rings (SSSR count). The number of nitrogens with one attached hydrogen (secondary N) is 2. The second-order valence-corrected chi connectivity index (χ2v) is 9.39. The molecule has 170 valence electrons. The van der Waals surface area contributed by atoms with Crippen LogP contribution in [0, 0.1) is 11.8 Å². The van der Waals surface area contributed by atoms with Crippen molar-refractivity contribution >= 4 is 23.6 Å². The van der Waals surface area contributed by atoms with Crippen molar-refractivity contribution in [2.45, 2.75) is 90.0 Å². The maximum Gasteiger partial charge on any atom is 0.242 e. The highest BCUT2D eigenvalue weighted by Crippen LogP contribution is 2.32. The summed E-state index contributed by atoms with van der Waals surface area (Å²) in [5.74, 6) is 1.73. The number of unbranched alkanes of at least 4 members (excludes halogenated alkanes) is 4. The zero-order chi connectivity index (χ0) is 21.3. The van der Waals surface area contributed by atoms with Gasteiger partial charge in [0.2, 0.25) is 11.8 Å². The summed E-state index contributed by atoms with van der Waals surface area (Å²) >= 11 is 1.70. The van der Waals surface area contributed by atoms with E-state index >= 15 is 0 Å². The molecular formula is C23H44N2O3S. The van der Waals surface area contributed by atoms with Gasteiger partial charge < -0.3 is 15.4 Å². The molecule has 0 aliphatic heterocycles. The highest BCUT2D eigenvalue weighted by Gasteiger charge is 2.29. The minimum Gasteiger partial charge on any atom is -0.385 e. The average molecular weight is 429 g/mol. The van der Waals surface area contributed by atoms with Gasteiger partial charge in [-0.05, 0) is 56.5 Å². The van der Waals surface area contributed by atoms with Crippen LogP contribution < -0.4 is 10.6 Å². The van der Waals surface area contributed by atoms with Crippen LogP contribution in [0.1, 0.15) is 84.0 Å². The Balaban J connectivity index is 2.35. The van der Waals surface area contributed by atoms with Gasteiger partial charge in [0.05, 0.1) is 0 Å². The Kier molecular flexibility index (Phi) is 15.4. The molecule has 1 fully saturated rings. The van der Waals surface area contributed by atoms with E-state index in [1.807, 2.05) is 6.26 Å². The van der Waals surface area contributed by atoms with E-state index in [-0.39, 0.29) is 17.7 Å². The van der Waals surface area contributed by atoms with Crippen LogP contribution in [0.2, 0.25) is 0 Å². The van der Waals surface area contributed by atoms with Crippen molar-refractivity contribution in [3.63, 3.8) is 0 Å². The lowest BCUT2D eigenvalue weighted by atomic mass is 9.79. The van der Waals surface area contributed by atoms with Crippen LogP contribution in [0.5, 0.6) is 0 Å². The van der Waals surface area contributed by atoms with Crippen molar-refractivity contribution in [2.75, 3.05) is 32.3 Å². The molecule has 0 aromatic rings. The molecule has 0 radical (unpaired) electrons. The third-order valence-electron chi connectivity index (χ3n) is 6.00. The highest BCUT2D eigenvalue weighted by molar-refractivity contribution is 7.98. The zero-order valence-electron chi connectivity index (χ0n) is 19.0. The standard InChI is InChI=1S/C23H44N2O3S/c1-4-5-6-7-8-10-19-11-13-20(14-12-19)22(26)25-21(15-18-29-3)23(27)24-16-9-17-28-2/h19-21H,4-18H2,1-3H3,(H,24,27)(H,25,26). The molecule has 0 heterocycles. The zero-order valence-corrected chi connectivity index (χ0v) is 19.8. The minimum absolute atomic E-state index is 0.0655. The van der Waals surface area contributed by atoms with Gasteiger partial charge >= 0.3 is 0 Å². The van der Waals surface area contributed by atoms with E-state index in [2.05, 4.69) is 17.6 Å². The van der Waals surface area contributed by atoms with Crippen LogP contribution in [0.15, 0.2) is 0 Å². The third kappa shape index (κ3) is 11.9.